The van der Waals surface area contributed by atoms with Crippen LogP contribution >= 0.6 is 0 Å². The largest absolute Gasteiger partial charge is 0.481 e. The van der Waals surface area contributed by atoms with Crippen molar-refractivity contribution >= 4 is 17.7 Å². The zero-order chi connectivity index (χ0) is 24.1. The molecule has 1 amide bonds. The second-order valence-corrected chi connectivity index (χ2v) is 8.62. The Kier molecular flexibility index (Phi) is 8.30. The molecule has 0 spiro atoms. The van der Waals surface area contributed by atoms with E-state index in [1.807, 2.05) is 13.8 Å². The van der Waals surface area contributed by atoms with Gasteiger partial charge in [-0.1, -0.05) is 17.7 Å². The summed E-state index contributed by atoms with van der Waals surface area (Å²) in [5.41, 5.74) is 2.52. The fourth-order valence-electron chi connectivity index (χ4n) is 4.27. The summed E-state index contributed by atoms with van der Waals surface area (Å²) in [7, 11) is 0. The van der Waals surface area contributed by atoms with Crippen molar-refractivity contribution in [2.24, 2.45) is 0 Å². The first-order valence-corrected chi connectivity index (χ1v) is 11.1. The molecule has 5 atom stereocenters. The van der Waals surface area contributed by atoms with Gasteiger partial charge in [-0.3, -0.25) is 10.1 Å². The number of hydrogen-bond acceptors (Lipinski definition) is 8. The van der Waals surface area contributed by atoms with Crippen molar-refractivity contribution < 1.29 is 39.5 Å². The summed E-state index contributed by atoms with van der Waals surface area (Å²) in [5, 5.41) is 41.9. The number of benzene rings is 1. The molecule has 0 unspecified atom stereocenters. The minimum atomic E-state index is -1.60. The predicted molar refractivity (Wildman–Crippen MR) is 118 cm³/mol. The molecule has 1 aromatic carbocycles. The number of hydrogen-bond donors (Lipinski definition) is 5. The number of anilines is 1. The Bertz CT molecular complexity index is 862. The van der Waals surface area contributed by atoms with Crippen LogP contribution in [0.3, 0.4) is 0 Å². The number of aliphatic carboxylic acids is 1. The number of carboxylic acid groups (broad SMARTS) is 1. The normalized spacial score (nSPS) is 25.9. The SMILES string of the molecule is CC(C)=C([C@@H](OC(=O)Nc1ccc(CC(=O)O)cc1)[C@H]1O[C@H](O)[C@H](O)[C@H]1O)N1CCCCC1. The molecule has 0 radical (unpaired) electrons. The second kappa shape index (κ2) is 11.0. The van der Waals surface area contributed by atoms with Crippen LogP contribution in [0.2, 0.25) is 0 Å². The van der Waals surface area contributed by atoms with Crippen LogP contribution in [-0.4, -0.2) is 81.2 Å². The van der Waals surface area contributed by atoms with Crippen molar-refractivity contribution in [3.8, 4) is 0 Å². The maximum atomic E-state index is 12.8. The molecule has 0 saturated carbocycles. The number of aliphatic hydroxyl groups is 3. The van der Waals surface area contributed by atoms with Crippen molar-refractivity contribution in [1.82, 2.24) is 4.90 Å². The molecule has 33 heavy (non-hydrogen) atoms. The zero-order valence-electron chi connectivity index (χ0n) is 18.8. The Morgan fingerprint density at radius 2 is 1.73 bits per heavy atom. The van der Waals surface area contributed by atoms with E-state index in [-0.39, 0.29) is 6.42 Å². The van der Waals surface area contributed by atoms with Crippen LogP contribution in [0.15, 0.2) is 35.5 Å². The van der Waals surface area contributed by atoms with Crippen LogP contribution in [0.4, 0.5) is 10.5 Å². The topological polar surface area (TPSA) is 149 Å². The van der Waals surface area contributed by atoms with Crippen LogP contribution in [-0.2, 0) is 20.7 Å². The smallest absolute Gasteiger partial charge is 0.412 e. The molecule has 0 aliphatic carbocycles. The highest BCUT2D eigenvalue weighted by atomic mass is 16.7. The van der Waals surface area contributed by atoms with E-state index in [1.54, 1.807) is 24.3 Å². The number of piperidine rings is 1. The minimum Gasteiger partial charge on any atom is -0.481 e. The Morgan fingerprint density at radius 3 is 2.24 bits per heavy atom. The molecule has 2 aliphatic heterocycles. The first-order valence-electron chi connectivity index (χ1n) is 11.1. The molecule has 1 aromatic rings. The van der Waals surface area contributed by atoms with E-state index in [2.05, 4.69) is 10.2 Å². The third kappa shape index (κ3) is 6.23. The predicted octanol–water partition coefficient (Wildman–Crippen LogP) is 1.45. The van der Waals surface area contributed by atoms with Gasteiger partial charge in [-0.25, -0.2) is 4.79 Å². The van der Waals surface area contributed by atoms with Crippen LogP contribution in [0.5, 0.6) is 0 Å². The molecule has 2 heterocycles. The monoisotopic (exact) mass is 464 g/mol. The van der Waals surface area contributed by atoms with Crippen molar-refractivity contribution in [2.45, 2.75) is 70.2 Å². The molecular weight excluding hydrogens is 432 g/mol. The number of nitrogens with one attached hydrogen (secondary N) is 1. The molecule has 182 valence electrons. The van der Waals surface area contributed by atoms with Crippen LogP contribution in [0.1, 0.15) is 38.7 Å². The third-order valence-corrected chi connectivity index (χ3v) is 5.84. The highest BCUT2D eigenvalue weighted by Crippen LogP contribution is 2.32. The lowest BCUT2D eigenvalue weighted by atomic mass is 9.98. The van der Waals surface area contributed by atoms with Crippen LogP contribution in [0, 0.1) is 0 Å². The number of likely N-dealkylation sites (tertiary alicyclic amines) is 1. The Labute approximate surface area is 192 Å². The van der Waals surface area contributed by atoms with E-state index >= 15 is 0 Å². The van der Waals surface area contributed by atoms with Crippen molar-refractivity contribution in [3.63, 3.8) is 0 Å². The number of ether oxygens (including phenoxy) is 2. The number of allylic oxidation sites excluding steroid dienone is 1. The lowest BCUT2D eigenvalue weighted by Crippen LogP contribution is -2.47. The third-order valence-electron chi connectivity index (χ3n) is 5.84. The Balaban J connectivity index is 1.81. The molecule has 3 rings (SSSR count). The van der Waals surface area contributed by atoms with Crippen molar-refractivity contribution in [2.75, 3.05) is 18.4 Å². The quantitative estimate of drug-likeness (QED) is 0.404. The number of rotatable bonds is 7. The van der Waals surface area contributed by atoms with Crippen LogP contribution < -0.4 is 5.32 Å². The maximum Gasteiger partial charge on any atom is 0.412 e. The molecule has 10 heteroatoms. The fraction of sp³-hybridized carbons (Fsp3) is 0.565. The van der Waals surface area contributed by atoms with Gasteiger partial charge >= 0.3 is 12.1 Å². The van der Waals surface area contributed by atoms with Gasteiger partial charge in [0, 0.05) is 18.8 Å². The number of carbonyl (C=O) groups is 2. The molecule has 2 fully saturated rings. The average molecular weight is 465 g/mol. The number of amides is 1. The van der Waals surface area contributed by atoms with E-state index in [1.165, 1.54) is 0 Å². The molecule has 10 nitrogen and oxygen atoms in total. The number of nitrogens with zero attached hydrogens (tertiary/aromatic N) is 1. The van der Waals surface area contributed by atoms with Gasteiger partial charge in [-0.2, -0.15) is 0 Å². The average Bonchev–Trinajstić information content (AvgIpc) is 3.02. The maximum absolute atomic E-state index is 12.8. The fourth-order valence-corrected chi connectivity index (χ4v) is 4.27. The number of carbonyl (C=O) groups excluding carboxylic acids is 1. The lowest BCUT2D eigenvalue weighted by molar-refractivity contribution is -0.143. The Morgan fingerprint density at radius 1 is 1.09 bits per heavy atom. The summed E-state index contributed by atoms with van der Waals surface area (Å²) >= 11 is 0. The van der Waals surface area contributed by atoms with E-state index < -0.39 is 42.8 Å². The van der Waals surface area contributed by atoms with Gasteiger partial charge in [0.1, 0.15) is 18.3 Å². The highest BCUT2D eigenvalue weighted by Gasteiger charge is 2.49. The number of carboxylic acids is 1. The van der Waals surface area contributed by atoms with Gasteiger partial charge in [0.05, 0.1) is 12.1 Å². The summed E-state index contributed by atoms with van der Waals surface area (Å²) in [4.78, 5) is 25.7. The summed E-state index contributed by atoms with van der Waals surface area (Å²) in [6.07, 6.45) is -4.71. The van der Waals surface area contributed by atoms with Gasteiger partial charge in [0.2, 0.25) is 0 Å². The molecule has 0 aromatic heterocycles. The summed E-state index contributed by atoms with van der Waals surface area (Å²) in [6, 6.07) is 6.31. The molecule has 5 N–H and O–H groups in total. The molecule has 0 bridgehead atoms. The summed E-state index contributed by atoms with van der Waals surface area (Å²) in [6.45, 7) is 5.24. The van der Waals surface area contributed by atoms with E-state index in [0.29, 0.717) is 16.9 Å². The van der Waals surface area contributed by atoms with Crippen molar-refractivity contribution in [1.29, 1.82) is 0 Å². The Hall–Kier alpha value is -2.66. The number of aliphatic hydroxyl groups excluding tert-OH is 3. The zero-order valence-corrected chi connectivity index (χ0v) is 18.8. The molecule has 2 saturated heterocycles. The van der Waals surface area contributed by atoms with Gasteiger partial charge < -0.3 is 34.8 Å². The van der Waals surface area contributed by atoms with E-state index in [9.17, 15) is 24.9 Å². The van der Waals surface area contributed by atoms with Crippen LogP contribution in [0.25, 0.3) is 0 Å². The standard InChI is InChI=1S/C23H32N2O8/c1-13(2)17(25-10-4-3-5-11-25)20(21-18(28)19(29)22(30)32-21)33-23(31)24-15-8-6-14(7-9-15)12-16(26)27/h6-9,18-22,28-30H,3-5,10-12H2,1-2H3,(H,24,31)(H,26,27)/t18-,19-,20-,21+,22+/m1/s1. The second-order valence-electron chi connectivity index (χ2n) is 8.62. The van der Waals surface area contributed by atoms with Gasteiger partial charge in [-0.15, -0.1) is 0 Å². The summed E-state index contributed by atoms with van der Waals surface area (Å²) in [5.74, 6) is -0.954. The highest BCUT2D eigenvalue weighted by molar-refractivity contribution is 5.85. The van der Waals surface area contributed by atoms with Gasteiger partial charge in [0.15, 0.2) is 12.4 Å². The van der Waals surface area contributed by atoms with Gasteiger partial charge in [0.25, 0.3) is 0 Å². The first-order chi connectivity index (χ1) is 15.7. The van der Waals surface area contributed by atoms with E-state index in [0.717, 1.165) is 37.9 Å². The lowest BCUT2D eigenvalue weighted by Gasteiger charge is -2.38. The summed E-state index contributed by atoms with van der Waals surface area (Å²) < 4.78 is 11.1. The minimum absolute atomic E-state index is 0.131. The molecule has 2 aliphatic rings. The molecular formula is C23H32N2O8. The van der Waals surface area contributed by atoms with Gasteiger partial charge in [-0.05, 0) is 50.8 Å². The van der Waals surface area contributed by atoms with Crippen molar-refractivity contribution in [3.05, 3.63) is 41.1 Å². The first kappa shape index (κ1) is 25.0. The van der Waals surface area contributed by atoms with E-state index in [4.69, 9.17) is 14.6 Å².